The molecule has 32 heavy (non-hydrogen) atoms. The summed E-state index contributed by atoms with van der Waals surface area (Å²) < 4.78 is 8.97. The first-order chi connectivity index (χ1) is 15.3. The van der Waals surface area contributed by atoms with E-state index < -0.39 is 5.41 Å². The number of aryl methyl sites for hydroxylation is 1. The Morgan fingerprint density at radius 2 is 2.03 bits per heavy atom. The summed E-state index contributed by atoms with van der Waals surface area (Å²) in [5, 5.41) is 5.45. The minimum atomic E-state index is -0.578. The quantitative estimate of drug-likeness (QED) is 0.531. The molecule has 4 heterocycles. The molecule has 0 unspecified atom stereocenters. The molecule has 0 atom stereocenters. The summed E-state index contributed by atoms with van der Waals surface area (Å²) in [4.78, 5) is 31.5. The minimum absolute atomic E-state index is 0.126. The van der Waals surface area contributed by atoms with E-state index in [1.165, 1.54) is 12.7 Å². The Bertz CT molecular complexity index is 1140. The van der Waals surface area contributed by atoms with Crippen molar-refractivity contribution in [2.24, 2.45) is 12.5 Å². The topological polar surface area (TPSA) is 82.3 Å². The van der Waals surface area contributed by atoms with Crippen LogP contribution in [0.2, 0.25) is 0 Å². The van der Waals surface area contributed by atoms with Crippen LogP contribution >= 0.6 is 0 Å². The summed E-state index contributed by atoms with van der Waals surface area (Å²) in [5.74, 6) is -0.110. The molecule has 0 fully saturated rings. The third kappa shape index (κ3) is 4.13. The van der Waals surface area contributed by atoms with Gasteiger partial charge in [0.2, 0.25) is 5.91 Å². The van der Waals surface area contributed by atoms with Crippen molar-refractivity contribution in [2.75, 3.05) is 13.7 Å². The second-order valence-corrected chi connectivity index (χ2v) is 9.13. The average Bonchev–Trinajstić information content (AvgIpc) is 3.34. The third-order valence-corrected chi connectivity index (χ3v) is 6.54. The second-order valence-electron chi connectivity index (χ2n) is 9.13. The van der Waals surface area contributed by atoms with Crippen LogP contribution in [0.5, 0.6) is 0 Å². The van der Waals surface area contributed by atoms with Gasteiger partial charge in [-0.05, 0) is 56.9 Å². The Morgan fingerprint density at radius 1 is 1.22 bits per heavy atom. The lowest BCUT2D eigenvalue weighted by Crippen LogP contribution is -2.37. The summed E-state index contributed by atoms with van der Waals surface area (Å²) in [6.45, 7) is 5.66. The van der Waals surface area contributed by atoms with Gasteiger partial charge < -0.3 is 14.2 Å². The number of pyridine rings is 1. The van der Waals surface area contributed by atoms with E-state index in [-0.39, 0.29) is 11.9 Å². The smallest absolute Gasteiger partial charge is 0.311 e. The third-order valence-electron chi connectivity index (χ3n) is 6.54. The fraction of sp³-hybridized carbons (Fsp3) is 0.500. The predicted molar refractivity (Wildman–Crippen MR) is 121 cm³/mol. The van der Waals surface area contributed by atoms with Crippen LogP contribution in [0.3, 0.4) is 0 Å². The van der Waals surface area contributed by atoms with E-state index in [1.54, 1.807) is 6.20 Å². The number of hydrogen-bond donors (Lipinski definition) is 0. The Kier molecular flexibility index (Phi) is 6.04. The van der Waals surface area contributed by atoms with E-state index in [1.807, 2.05) is 48.8 Å². The summed E-state index contributed by atoms with van der Waals surface area (Å²) >= 11 is 0. The molecule has 170 valence electrons. The largest absolute Gasteiger partial charge is 0.469 e. The van der Waals surface area contributed by atoms with Crippen molar-refractivity contribution in [1.82, 2.24) is 24.2 Å². The molecule has 0 aromatic carbocycles. The molecule has 8 heteroatoms. The van der Waals surface area contributed by atoms with Gasteiger partial charge in [-0.1, -0.05) is 0 Å². The van der Waals surface area contributed by atoms with Gasteiger partial charge in [-0.15, -0.1) is 0 Å². The average molecular weight is 438 g/mol. The van der Waals surface area contributed by atoms with Crippen LogP contribution < -0.4 is 0 Å². The number of hydrogen-bond acceptors (Lipinski definition) is 5. The van der Waals surface area contributed by atoms with Gasteiger partial charge in [0.1, 0.15) is 5.65 Å². The summed E-state index contributed by atoms with van der Waals surface area (Å²) in [6.07, 6.45) is 6.14. The number of esters is 1. The van der Waals surface area contributed by atoms with Gasteiger partial charge in [0.15, 0.2) is 0 Å². The van der Waals surface area contributed by atoms with E-state index in [9.17, 15) is 9.59 Å². The van der Waals surface area contributed by atoms with Crippen molar-refractivity contribution in [3.8, 4) is 0 Å². The Hall–Kier alpha value is -3.16. The van der Waals surface area contributed by atoms with Gasteiger partial charge >= 0.3 is 5.97 Å². The van der Waals surface area contributed by atoms with E-state index in [0.29, 0.717) is 38.9 Å². The zero-order chi connectivity index (χ0) is 22.9. The van der Waals surface area contributed by atoms with Gasteiger partial charge in [0.25, 0.3) is 0 Å². The first kappa shape index (κ1) is 22.0. The van der Waals surface area contributed by atoms with Crippen LogP contribution in [-0.4, -0.2) is 49.8 Å². The number of nitrogens with zero attached hydrogens (tertiary/aromatic N) is 5. The molecule has 1 amide bonds. The molecule has 0 N–H and O–H groups in total. The van der Waals surface area contributed by atoms with Crippen molar-refractivity contribution < 1.29 is 14.3 Å². The van der Waals surface area contributed by atoms with Crippen LogP contribution in [0.25, 0.3) is 11.0 Å². The van der Waals surface area contributed by atoms with Gasteiger partial charge in [0.05, 0.1) is 31.3 Å². The van der Waals surface area contributed by atoms with Crippen LogP contribution in [0.1, 0.15) is 50.1 Å². The van der Waals surface area contributed by atoms with Crippen LogP contribution in [0, 0.1) is 5.41 Å². The first-order valence-corrected chi connectivity index (χ1v) is 11.1. The van der Waals surface area contributed by atoms with Crippen molar-refractivity contribution in [2.45, 2.75) is 52.6 Å². The lowest BCUT2D eigenvalue weighted by Gasteiger charge is -2.29. The molecule has 0 aliphatic carbocycles. The highest BCUT2D eigenvalue weighted by atomic mass is 16.5. The molecule has 0 saturated carbocycles. The number of rotatable bonds is 7. The molecule has 3 aromatic heterocycles. The number of amides is 1. The molecule has 8 nitrogen and oxygen atoms in total. The van der Waals surface area contributed by atoms with Crippen molar-refractivity contribution in [3.63, 3.8) is 0 Å². The molecular weight excluding hydrogens is 406 g/mol. The fourth-order valence-electron chi connectivity index (χ4n) is 4.58. The maximum Gasteiger partial charge on any atom is 0.311 e. The molecule has 3 aromatic rings. The minimum Gasteiger partial charge on any atom is -0.469 e. The standard InChI is InChI=1S/C24H31N5O3/c1-24(2,23(31)32-4)11-5-8-21(30)28-14-10-18-19-7-6-12-25-22(19)29(20(18)16-28)15-17-9-13-26-27(17)3/h6-7,9,12-13H,5,8,10-11,14-16H2,1-4H3. The lowest BCUT2D eigenvalue weighted by molar-refractivity contribution is -0.151. The number of fused-ring (bicyclic) bond motifs is 3. The van der Waals surface area contributed by atoms with Crippen LogP contribution in [0.4, 0.5) is 0 Å². The highest BCUT2D eigenvalue weighted by Crippen LogP contribution is 2.31. The number of aromatic nitrogens is 4. The van der Waals surface area contributed by atoms with Gasteiger partial charge in [0, 0.05) is 43.5 Å². The molecule has 4 rings (SSSR count). The monoisotopic (exact) mass is 437 g/mol. The summed E-state index contributed by atoms with van der Waals surface area (Å²) in [6, 6.07) is 6.10. The number of carbonyl (C=O) groups is 2. The van der Waals surface area contributed by atoms with E-state index >= 15 is 0 Å². The highest BCUT2D eigenvalue weighted by Gasteiger charge is 2.30. The van der Waals surface area contributed by atoms with Crippen LogP contribution in [0.15, 0.2) is 30.6 Å². The number of carbonyl (C=O) groups excluding carboxylic acids is 2. The normalized spacial score (nSPS) is 13.9. The van der Waals surface area contributed by atoms with Crippen molar-refractivity contribution in [3.05, 3.63) is 47.5 Å². The van der Waals surface area contributed by atoms with Gasteiger partial charge in [-0.25, -0.2) is 4.98 Å². The lowest BCUT2D eigenvalue weighted by atomic mass is 9.87. The molecule has 0 radical (unpaired) electrons. The van der Waals surface area contributed by atoms with E-state index in [0.717, 1.165) is 28.8 Å². The molecular formula is C24H31N5O3. The Labute approximate surface area is 188 Å². The zero-order valence-electron chi connectivity index (χ0n) is 19.3. The van der Waals surface area contributed by atoms with Crippen molar-refractivity contribution in [1.29, 1.82) is 0 Å². The second kappa shape index (κ2) is 8.76. The molecule has 1 aliphatic rings. The van der Waals surface area contributed by atoms with Crippen LogP contribution in [-0.2, 0) is 40.9 Å². The first-order valence-electron chi connectivity index (χ1n) is 11.1. The van der Waals surface area contributed by atoms with E-state index in [2.05, 4.69) is 20.7 Å². The highest BCUT2D eigenvalue weighted by molar-refractivity contribution is 5.84. The number of ether oxygens (including phenoxy) is 1. The molecule has 0 bridgehead atoms. The molecule has 1 aliphatic heterocycles. The van der Waals surface area contributed by atoms with Gasteiger partial charge in [-0.2, -0.15) is 5.10 Å². The van der Waals surface area contributed by atoms with Gasteiger partial charge in [-0.3, -0.25) is 14.3 Å². The summed E-state index contributed by atoms with van der Waals surface area (Å²) in [5.41, 5.74) is 3.89. The Morgan fingerprint density at radius 3 is 2.75 bits per heavy atom. The maximum absolute atomic E-state index is 13.0. The number of methoxy groups -OCH3 is 1. The maximum atomic E-state index is 13.0. The zero-order valence-corrected chi connectivity index (χ0v) is 19.3. The fourth-order valence-corrected chi connectivity index (χ4v) is 4.58. The Balaban J connectivity index is 1.52. The predicted octanol–water partition coefficient (Wildman–Crippen LogP) is 3.07. The molecule has 0 saturated heterocycles. The van der Waals surface area contributed by atoms with E-state index in [4.69, 9.17) is 4.74 Å². The SMILES string of the molecule is COC(=O)C(C)(C)CCCC(=O)N1CCc2c(n(Cc3ccnn3C)c3ncccc23)C1. The molecule has 0 spiro atoms. The van der Waals surface area contributed by atoms with Crippen molar-refractivity contribution >= 4 is 22.9 Å². The summed E-state index contributed by atoms with van der Waals surface area (Å²) in [7, 11) is 3.34.